The van der Waals surface area contributed by atoms with Gasteiger partial charge in [-0.05, 0) is 40.3 Å². The normalized spacial score (nSPS) is 17.4. The number of amides is 1. The number of hydrogen-bond acceptors (Lipinski definition) is 5. The van der Waals surface area contributed by atoms with Crippen molar-refractivity contribution < 1.29 is 9.53 Å². The van der Waals surface area contributed by atoms with Gasteiger partial charge in [0.25, 0.3) is 0 Å². The van der Waals surface area contributed by atoms with E-state index < -0.39 is 0 Å². The SMILES string of the molecule is COc1cc(C=NN=C2NC(=O)CS2)ccc1I. The van der Waals surface area contributed by atoms with Crippen molar-refractivity contribution in [2.24, 2.45) is 10.2 Å². The molecule has 0 atom stereocenters. The molecule has 1 saturated heterocycles. The van der Waals surface area contributed by atoms with Crippen LogP contribution in [0.3, 0.4) is 0 Å². The lowest BCUT2D eigenvalue weighted by Crippen LogP contribution is -2.19. The minimum absolute atomic E-state index is 0.0371. The van der Waals surface area contributed by atoms with Gasteiger partial charge in [-0.2, -0.15) is 5.10 Å². The van der Waals surface area contributed by atoms with Crippen LogP contribution in [0.4, 0.5) is 0 Å². The van der Waals surface area contributed by atoms with Crippen molar-refractivity contribution in [3.63, 3.8) is 0 Å². The molecule has 1 amide bonds. The Hall–Kier alpha value is -1.09. The number of carbonyl (C=O) groups is 1. The van der Waals surface area contributed by atoms with Crippen LogP contribution in [0.15, 0.2) is 28.4 Å². The number of halogens is 1. The highest BCUT2D eigenvalue weighted by Crippen LogP contribution is 2.21. The molecular formula is C11H10IN3O2S. The summed E-state index contributed by atoms with van der Waals surface area (Å²) < 4.78 is 6.25. The van der Waals surface area contributed by atoms with Crippen LogP contribution in [0.25, 0.3) is 0 Å². The van der Waals surface area contributed by atoms with Gasteiger partial charge in [-0.25, -0.2) is 0 Å². The van der Waals surface area contributed by atoms with Crippen LogP contribution in [0, 0.1) is 3.57 Å². The third-order valence-corrected chi connectivity index (χ3v) is 3.87. The van der Waals surface area contributed by atoms with Crippen LogP contribution in [0.2, 0.25) is 0 Å². The summed E-state index contributed by atoms with van der Waals surface area (Å²) in [5, 5.41) is 11.0. The minimum Gasteiger partial charge on any atom is -0.496 e. The van der Waals surface area contributed by atoms with Crippen molar-refractivity contribution in [2.45, 2.75) is 0 Å². The minimum atomic E-state index is -0.0371. The van der Waals surface area contributed by atoms with E-state index in [2.05, 4.69) is 38.1 Å². The Kier molecular flexibility index (Phi) is 4.59. The van der Waals surface area contributed by atoms with Gasteiger partial charge < -0.3 is 10.1 Å². The Morgan fingerprint density at radius 3 is 3.06 bits per heavy atom. The number of carbonyl (C=O) groups excluding carboxylic acids is 1. The predicted octanol–water partition coefficient (Wildman–Crippen LogP) is 1.85. The lowest BCUT2D eigenvalue weighted by Gasteiger charge is -2.02. The third kappa shape index (κ3) is 3.45. The van der Waals surface area contributed by atoms with Crippen molar-refractivity contribution in [1.29, 1.82) is 0 Å². The monoisotopic (exact) mass is 375 g/mol. The number of amidine groups is 1. The molecule has 0 saturated carbocycles. The molecule has 1 aromatic carbocycles. The average molecular weight is 375 g/mol. The topological polar surface area (TPSA) is 63.1 Å². The Bertz CT molecular complexity index is 531. The van der Waals surface area contributed by atoms with Gasteiger partial charge in [0.2, 0.25) is 5.91 Å². The molecule has 1 aliphatic rings. The molecule has 0 spiro atoms. The maximum Gasteiger partial charge on any atom is 0.236 e. The van der Waals surface area contributed by atoms with E-state index in [1.54, 1.807) is 13.3 Å². The van der Waals surface area contributed by atoms with Gasteiger partial charge in [-0.3, -0.25) is 4.79 Å². The number of nitrogens with zero attached hydrogens (tertiary/aromatic N) is 2. The predicted molar refractivity (Wildman–Crippen MR) is 81.3 cm³/mol. The van der Waals surface area contributed by atoms with Gasteiger partial charge in [0.15, 0.2) is 5.17 Å². The average Bonchev–Trinajstić information content (AvgIpc) is 2.77. The first-order valence-electron chi connectivity index (χ1n) is 5.06. The number of ether oxygens (including phenoxy) is 1. The summed E-state index contributed by atoms with van der Waals surface area (Å²) in [5.74, 6) is 1.17. The zero-order chi connectivity index (χ0) is 13.0. The van der Waals surface area contributed by atoms with E-state index in [0.717, 1.165) is 14.9 Å². The van der Waals surface area contributed by atoms with Crippen LogP contribution >= 0.6 is 34.4 Å². The molecule has 18 heavy (non-hydrogen) atoms. The smallest absolute Gasteiger partial charge is 0.236 e. The van der Waals surface area contributed by atoms with E-state index in [1.807, 2.05) is 18.2 Å². The lowest BCUT2D eigenvalue weighted by atomic mass is 10.2. The second kappa shape index (κ2) is 6.19. The van der Waals surface area contributed by atoms with E-state index in [4.69, 9.17) is 4.74 Å². The van der Waals surface area contributed by atoms with Crippen LogP contribution in [-0.2, 0) is 4.79 Å². The first-order valence-corrected chi connectivity index (χ1v) is 7.12. The molecule has 0 bridgehead atoms. The quantitative estimate of drug-likeness (QED) is 0.498. The van der Waals surface area contributed by atoms with Gasteiger partial charge in [-0.1, -0.05) is 17.8 Å². The summed E-state index contributed by atoms with van der Waals surface area (Å²) in [6.07, 6.45) is 1.62. The number of methoxy groups -OCH3 is 1. The highest BCUT2D eigenvalue weighted by atomic mass is 127. The van der Waals surface area contributed by atoms with Crippen LogP contribution < -0.4 is 10.1 Å². The van der Waals surface area contributed by atoms with Crippen LogP contribution in [0.5, 0.6) is 5.75 Å². The maximum atomic E-state index is 10.9. The lowest BCUT2D eigenvalue weighted by molar-refractivity contribution is -0.116. The fraction of sp³-hybridized carbons (Fsp3) is 0.182. The summed E-state index contributed by atoms with van der Waals surface area (Å²) in [6, 6.07) is 5.75. The Balaban J connectivity index is 2.07. The fourth-order valence-electron chi connectivity index (χ4n) is 1.28. The van der Waals surface area contributed by atoms with Gasteiger partial charge in [-0.15, -0.1) is 5.10 Å². The van der Waals surface area contributed by atoms with E-state index in [1.165, 1.54) is 11.8 Å². The largest absolute Gasteiger partial charge is 0.496 e. The summed E-state index contributed by atoms with van der Waals surface area (Å²) in [5.41, 5.74) is 0.894. The Morgan fingerprint density at radius 1 is 1.56 bits per heavy atom. The van der Waals surface area contributed by atoms with Crippen LogP contribution in [-0.4, -0.2) is 30.2 Å². The Labute approximate surface area is 122 Å². The number of hydrogen-bond donors (Lipinski definition) is 1. The molecule has 2 rings (SSSR count). The zero-order valence-electron chi connectivity index (χ0n) is 9.51. The summed E-state index contributed by atoms with van der Waals surface area (Å²) in [4.78, 5) is 10.9. The van der Waals surface area contributed by atoms with Crippen molar-refractivity contribution in [2.75, 3.05) is 12.9 Å². The molecular weight excluding hydrogens is 365 g/mol. The molecule has 1 fully saturated rings. The van der Waals surface area contributed by atoms with E-state index in [-0.39, 0.29) is 5.91 Å². The first-order chi connectivity index (χ1) is 8.69. The molecule has 7 heteroatoms. The molecule has 1 aliphatic heterocycles. The summed E-state index contributed by atoms with van der Waals surface area (Å²) in [7, 11) is 1.63. The first kappa shape index (κ1) is 13.3. The van der Waals surface area contributed by atoms with Crippen molar-refractivity contribution in [3.8, 4) is 5.75 Å². The van der Waals surface area contributed by atoms with Gasteiger partial charge in [0, 0.05) is 0 Å². The second-order valence-corrected chi connectivity index (χ2v) is 5.51. The molecule has 0 aromatic heterocycles. The molecule has 5 nitrogen and oxygen atoms in total. The van der Waals surface area contributed by atoms with E-state index >= 15 is 0 Å². The van der Waals surface area contributed by atoms with E-state index in [0.29, 0.717) is 10.9 Å². The number of nitrogens with one attached hydrogen (secondary N) is 1. The summed E-state index contributed by atoms with van der Waals surface area (Å²) >= 11 is 3.55. The van der Waals surface area contributed by atoms with Gasteiger partial charge in [0.1, 0.15) is 5.75 Å². The molecule has 1 heterocycles. The van der Waals surface area contributed by atoms with E-state index in [9.17, 15) is 4.79 Å². The highest BCUT2D eigenvalue weighted by molar-refractivity contribution is 14.1. The second-order valence-electron chi connectivity index (χ2n) is 3.38. The standard InChI is InChI=1S/C11H10IN3O2S/c1-17-9-4-7(2-3-8(9)12)5-13-15-11-14-10(16)6-18-11/h2-5H,6H2,1H3,(H,14,15,16). The molecule has 0 aliphatic carbocycles. The number of benzene rings is 1. The third-order valence-electron chi connectivity index (χ3n) is 2.12. The zero-order valence-corrected chi connectivity index (χ0v) is 12.5. The molecule has 94 valence electrons. The molecule has 0 radical (unpaired) electrons. The maximum absolute atomic E-state index is 10.9. The fourth-order valence-corrected chi connectivity index (χ4v) is 2.47. The number of thioether (sulfide) groups is 1. The summed E-state index contributed by atoms with van der Waals surface area (Å²) in [6.45, 7) is 0. The van der Waals surface area contributed by atoms with Crippen LogP contribution in [0.1, 0.15) is 5.56 Å². The molecule has 1 aromatic rings. The highest BCUT2D eigenvalue weighted by Gasteiger charge is 2.15. The van der Waals surface area contributed by atoms with Gasteiger partial charge >= 0.3 is 0 Å². The van der Waals surface area contributed by atoms with Gasteiger partial charge in [0.05, 0.1) is 22.6 Å². The number of rotatable bonds is 3. The van der Waals surface area contributed by atoms with Crippen molar-refractivity contribution >= 4 is 51.6 Å². The molecule has 1 N–H and O–H groups in total. The van der Waals surface area contributed by atoms with Crippen molar-refractivity contribution in [3.05, 3.63) is 27.3 Å². The Morgan fingerprint density at radius 2 is 2.39 bits per heavy atom. The van der Waals surface area contributed by atoms with Crippen molar-refractivity contribution in [1.82, 2.24) is 5.32 Å². The molecule has 0 unspecified atom stereocenters.